The van der Waals surface area contributed by atoms with Gasteiger partial charge in [0.1, 0.15) is 36.1 Å². The molecule has 17 heteroatoms. The van der Waals surface area contributed by atoms with Crippen LogP contribution in [0.5, 0.6) is 17.4 Å². The average Bonchev–Trinajstić information content (AvgIpc) is 3.19. The summed E-state index contributed by atoms with van der Waals surface area (Å²) in [6.07, 6.45) is -7.58. The summed E-state index contributed by atoms with van der Waals surface area (Å²) in [5, 5.41) is 31.1. The van der Waals surface area contributed by atoms with E-state index in [1.807, 2.05) is 18.2 Å². The molecule has 0 fully saturated rings. The quantitative estimate of drug-likeness (QED) is 0.0918. The molecule has 6 atom stereocenters. The molecule has 0 saturated carbocycles. The number of amides is 3. The van der Waals surface area contributed by atoms with Crippen LogP contribution in [0.3, 0.4) is 0 Å². The number of ether oxygens (including phenoxy) is 4. The first-order valence-electron chi connectivity index (χ1n) is 19.0. The molecule has 0 aliphatic carbocycles. The number of carbonyl (C=O) groups excluding carboxylic acids is 3. The molecule has 1 aliphatic heterocycles. The van der Waals surface area contributed by atoms with E-state index >= 15 is 0 Å². The van der Waals surface area contributed by atoms with Crippen LogP contribution < -0.4 is 30.2 Å². The molecule has 4 aromatic rings. The number of rotatable bonds is 15. The molecule has 2 heterocycles. The number of aliphatic hydroxyl groups excluding tert-OH is 2. The van der Waals surface area contributed by atoms with Gasteiger partial charge >= 0.3 is 12.5 Å². The van der Waals surface area contributed by atoms with E-state index in [1.54, 1.807) is 45.2 Å². The largest absolute Gasteiger partial charge is 0.573 e. The van der Waals surface area contributed by atoms with Gasteiger partial charge in [-0.2, -0.15) is 0 Å². The highest BCUT2D eigenvalue weighted by Gasteiger charge is 2.38. The summed E-state index contributed by atoms with van der Waals surface area (Å²) >= 11 is 0. The van der Waals surface area contributed by atoms with Crippen molar-refractivity contribution >= 4 is 17.9 Å². The molecule has 0 unspecified atom stereocenters. The molecule has 1 aromatic heterocycles. The first-order valence-corrected chi connectivity index (χ1v) is 19.0. The van der Waals surface area contributed by atoms with Crippen LogP contribution in [-0.2, 0) is 27.2 Å². The minimum Gasteiger partial charge on any atom is -0.490 e. The Kier molecular flexibility index (Phi) is 14.6. The third-order valence-corrected chi connectivity index (χ3v) is 9.97. The molecule has 0 radical (unpaired) electrons. The topological polar surface area (TPSA) is 178 Å². The number of alkyl carbamates (subject to hydrolysis) is 1. The fourth-order valence-electron chi connectivity index (χ4n) is 6.87. The highest BCUT2D eigenvalue weighted by molar-refractivity contribution is 5.86. The van der Waals surface area contributed by atoms with Crippen LogP contribution in [0.25, 0.3) is 11.1 Å². The number of halogens is 4. The zero-order valence-electron chi connectivity index (χ0n) is 33.6. The van der Waals surface area contributed by atoms with Crippen molar-refractivity contribution in [2.45, 2.75) is 76.7 Å². The van der Waals surface area contributed by atoms with Gasteiger partial charge in [-0.05, 0) is 77.8 Å². The van der Waals surface area contributed by atoms with Crippen LogP contribution in [0.2, 0.25) is 0 Å². The van der Waals surface area contributed by atoms with Crippen molar-refractivity contribution in [3.63, 3.8) is 0 Å². The van der Waals surface area contributed by atoms with E-state index in [0.717, 1.165) is 42.5 Å². The van der Waals surface area contributed by atoms with E-state index in [4.69, 9.17) is 14.2 Å². The Morgan fingerprint density at radius 3 is 2.25 bits per heavy atom. The van der Waals surface area contributed by atoms with Crippen LogP contribution >= 0.6 is 0 Å². The lowest BCUT2D eigenvalue weighted by Crippen LogP contribution is -2.57. The maximum absolute atomic E-state index is 14.4. The fourth-order valence-corrected chi connectivity index (χ4v) is 6.87. The smallest absolute Gasteiger partial charge is 0.490 e. The van der Waals surface area contributed by atoms with Gasteiger partial charge in [-0.3, -0.25) is 9.59 Å². The van der Waals surface area contributed by atoms with E-state index in [2.05, 4.69) is 25.7 Å². The lowest BCUT2D eigenvalue weighted by atomic mass is 9.85. The zero-order chi connectivity index (χ0) is 43.8. The summed E-state index contributed by atoms with van der Waals surface area (Å²) in [4.78, 5) is 44.8. The van der Waals surface area contributed by atoms with Gasteiger partial charge in [-0.1, -0.05) is 57.2 Å². The second kappa shape index (κ2) is 19.4. The van der Waals surface area contributed by atoms with E-state index in [-0.39, 0.29) is 42.7 Å². The number of fused-ring (bicyclic) bond motifs is 1. The maximum atomic E-state index is 14.4. The summed E-state index contributed by atoms with van der Waals surface area (Å²) in [6, 6.07) is 16.0. The average molecular weight is 841 g/mol. The summed E-state index contributed by atoms with van der Waals surface area (Å²) in [5.74, 6) is -3.12. The molecule has 60 heavy (non-hydrogen) atoms. The first kappa shape index (κ1) is 45.1. The number of hydrogen-bond acceptors (Lipinski definition) is 10. The van der Waals surface area contributed by atoms with Crippen molar-refractivity contribution in [1.29, 1.82) is 0 Å². The van der Waals surface area contributed by atoms with E-state index < -0.39 is 77.5 Å². The lowest BCUT2D eigenvalue weighted by molar-refractivity contribution is -0.274. The number of nitrogens with zero attached hydrogens (tertiary/aromatic N) is 1. The minimum atomic E-state index is -4.99. The van der Waals surface area contributed by atoms with E-state index in [0.29, 0.717) is 11.4 Å². The standard InChI is InChI=1S/C43H48F4N4O9/c1-42(2,3)38(51-41(56)58-5)40(55)49-32(19-24-9-11-26(12-10-24)27-13-16-36(57-4)48-22-27)33(52)20-28(17-25-7-6-8-30(18-25)60-43(45,46)47)39(54)50-37-31-21-29(44)14-15-35(31)59-23-34(37)53/h6-16,18,21-22,28,32-34,37-38,52-53H,17,19-20,23H2,1-5H3,(H,49,55)(H,50,54)(H,51,56)/t28-,32+,33+,34-,37+,38-/m1/s1. The Morgan fingerprint density at radius 1 is 0.900 bits per heavy atom. The van der Waals surface area contributed by atoms with Crippen molar-refractivity contribution in [3.05, 3.63) is 108 Å². The number of hydrogen-bond donors (Lipinski definition) is 5. The Labute approximate surface area is 344 Å². The highest BCUT2D eigenvalue weighted by atomic mass is 19.4. The van der Waals surface area contributed by atoms with E-state index in [9.17, 15) is 42.2 Å². The van der Waals surface area contributed by atoms with Gasteiger partial charge in [0.25, 0.3) is 0 Å². The van der Waals surface area contributed by atoms with Crippen molar-refractivity contribution in [2.75, 3.05) is 20.8 Å². The molecule has 0 saturated heterocycles. The van der Waals surface area contributed by atoms with Crippen LogP contribution in [-0.4, -0.2) is 84.6 Å². The SMILES string of the molecule is COC(=O)N[C@H](C(=O)N[C@@H](Cc1ccc(-c2ccc(OC)nc2)cc1)[C@@H](O)C[C@@H](Cc1cccc(OC(F)(F)F)c1)C(=O)N[C@H]1c2cc(F)ccc2OC[C@H]1O)C(C)(C)C. The predicted octanol–water partition coefficient (Wildman–Crippen LogP) is 5.81. The number of aromatic nitrogens is 1. The molecular formula is C43H48F4N4O9. The number of alkyl halides is 3. The van der Waals surface area contributed by atoms with Crippen molar-refractivity contribution in [3.8, 4) is 28.5 Å². The molecule has 3 aromatic carbocycles. The third kappa shape index (κ3) is 12.3. The molecule has 3 amide bonds. The van der Waals surface area contributed by atoms with E-state index in [1.165, 1.54) is 25.3 Å². The summed E-state index contributed by atoms with van der Waals surface area (Å²) < 4.78 is 73.4. The molecule has 0 spiro atoms. The van der Waals surface area contributed by atoms with Crippen LogP contribution in [0.1, 0.15) is 49.9 Å². The monoisotopic (exact) mass is 840 g/mol. The molecule has 322 valence electrons. The number of benzene rings is 3. The number of methoxy groups -OCH3 is 2. The summed E-state index contributed by atoms with van der Waals surface area (Å²) in [5.41, 5.74) is 1.84. The van der Waals surface area contributed by atoms with Gasteiger partial charge in [-0.25, -0.2) is 14.2 Å². The maximum Gasteiger partial charge on any atom is 0.573 e. The fraction of sp³-hybridized carbons (Fsp3) is 0.395. The van der Waals surface area contributed by atoms with Gasteiger partial charge < -0.3 is 45.1 Å². The van der Waals surface area contributed by atoms with Crippen molar-refractivity contribution in [2.24, 2.45) is 11.3 Å². The molecule has 1 aliphatic rings. The number of pyridine rings is 1. The molecule has 5 rings (SSSR count). The minimum absolute atomic E-state index is 0.0255. The number of nitrogens with one attached hydrogen (secondary N) is 3. The third-order valence-electron chi connectivity index (χ3n) is 9.97. The number of aliphatic hydroxyl groups is 2. The van der Waals surface area contributed by atoms with Crippen molar-refractivity contribution in [1.82, 2.24) is 20.9 Å². The highest BCUT2D eigenvalue weighted by Crippen LogP contribution is 2.34. The van der Waals surface area contributed by atoms with Gasteiger partial charge in [0.2, 0.25) is 17.7 Å². The molecular weight excluding hydrogens is 792 g/mol. The predicted molar refractivity (Wildman–Crippen MR) is 210 cm³/mol. The van der Waals surface area contributed by atoms with Gasteiger partial charge in [-0.15, -0.1) is 13.2 Å². The Balaban J connectivity index is 1.48. The normalized spacial score (nSPS) is 17.1. The second-order valence-electron chi connectivity index (χ2n) is 15.5. The van der Waals surface area contributed by atoms with Crippen LogP contribution in [0, 0.1) is 17.2 Å². The molecule has 5 N–H and O–H groups in total. The molecule has 13 nitrogen and oxygen atoms in total. The van der Waals surface area contributed by atoms with Crippen LogP contribution in [0.15, 0.2) is 85.1 Å². The van der Waals surface area contributed by atoms with Gasteiger partial charge in [0, 0.05) is 29.3 Å². The first-order chi connectivity index (χ1) is 28.3. The Morgan fingerprint density at radius 2 is 1.62 bits per heavy atom. The number of carbonyl (C=O) groups is 3. The lowest BCUT2D eigenvalue weighted by Gasteiger charge is -2.34. The second-order valence-corrected chi connectivity index (χ2v) is 15.5. The Hall–Kier alpha value is -5.94. The summed E-state index contributed by atoms with van der Waals surface area (Å²) in [7, 11) is 2.66. The molecule has 0 bridgehead atoms. The van der Waals surface area contributed by atoms with Crippen molar-refractivity contribution < 1.29 is 61.1 Å². The van der Waals surface area contributed by atoms with Crippen LogP contribution in [0.4, 0.5) is 22.4 Å². The zero-order valence-corrected chi connectivity index (χ0v) is 33.6. The summed E-state index contributed by atoms with van der Waals surface area (Å²) in [6.45, 7) is 4.93. The van der Waals surface area contributed by atoms with Gasteiger partial charge in [0.15, 0.2) is 0 Å². The Bertz CT molecular complexity index is 2100. The van der Waals surface area contributed by atoms with Gasteiger partial charge in [0.05, 0.1) is 32.4 Å².